The van der Waals surface area contributed by atoms with E-state index in [1.807, 2.05) is 0 Å². The second-order valence-corrected chi connectivity index (χ2v) is 6.60. The molecule has 0 aromatic carbocycles. The van der Waals surface area contributed by atoms with Gasteiger partial charge >= 0.3 is 12.0 Å². The molecule has 1 aliphatic rings. The number of carboxylic acid groups (broad SMARTS) is 1. The predicted molar refractivity (Wildman–Crippen MR) is 78.7 cm³/mol. The molecule has 0 saturated heterocycles. The first-order valence-electron chi connectivity index (χ1n) is 7.51. The van der Waals surface area contributed by atoms with E-state index >= 15 is 0 Å². The molecule has 3 amide bonds. The first kappa shape index (κ1) is 17.5. The lowest BCUT2D eigenvalue weighted by Gasteiger charge is -2.22. The molecule has 0 aliphatic heterocycles. The standard InChI is InChI=1S/C15H26N2O4/c1-5-10-6-7-11(9(10)2)16-14(21)17-12(18)8-15(3,4)13(19)20/h9-11H,5-8H2,1-4H3,(H,19,20)(H2,16,17,18,21). The normalized spacial score (nSPS) is 25.4. The van der Waals surface area contributed by atoms with Gasteiger partial charge in [0.1, 0.15) is 0 Å². The molecule has 1 aliphatic carbocycles. The van der Waals surface area contributed by atoms with Crippen molar-refractivity contribution in [2.45, 2.75) is 59.4 Å². The van der Waals surface area contributed by atoms with Gasteiger partial charge in [-0.15, -0.1) is 0 Å². The lowest BCUT2D eigenvalue weighted by atomic mass is 9.89. The van der Waals surface area contributed by atoms with Crippen LogP contribution in [-0.4, -0.2) is 29.1 Å². The number of urea groups is 1. The van der Waals surface area contributed by atoms with Crippen LogP contribution in [0.5, 0.6) is 0 Å². The number of hydrogen-bond donors (Lipinski definition) is 3. The van der Waals surface area contributed by atoms with Crippen molar-refractivity contribution in [3.05, 3.63) is 0 Å². The molecule has 1 rings (SSSR count). The average molecular weight is 298 g/mol. The SMILES string of the molecule is CCC1CCC(NC(=O)NC(=O)CC(C)(C)C(=O)O)C1C. The molecule has 1 fully saturated rings. The van der Waals surface area contributed by atoms with Crippen LogP contribution < -0.4 is 10.6 Å². The van der Waals surface area contributed by atoms with E-state index < -0.39 is 23.3 Å². The molecule has 3 unspecified atom stereocenters. The van der Waals surface area contributed by atoms with E-state index in [2.05, 4.69) is 24.5 Å². The van der Waals surface area contributed by atoms with Gasteiger partial charge < -0.3 is 10.4 Å². The Labute approximate surface area is 125 Å². The number of amides is 3. The zero-order valence-corrected chi connectivity index (χ0v) is 13.2. The van der Waals surface area contributed by atoms with Crippen LogP contribution in [0.15, 0.2) is 0 Å². The fourth-order valence-corrected chi connectivity index (χ4v) is 2.88. The summed E-state index contributed by atoms with van der Waals surface area (Å²) in [6.07, 6.45) is 2.87. The number of aliphatic carboxylic acids is 1. The van der Waals surface area contributed by atoms with Crippen molar-refractivity contribution in [3.8, 4) is 0 Å². The molecular formula is C15H26N2O4. The van der Waals surface area contributed by atoms with Crippen molar-refractivity contribution in [3.63, 3.8) is 0 Å². The molecule has 0 aromatic rings. The van der Waals surface area contributed by atoms with Crippen LogP contribution in [-0.2, 0) is 9.59 Å². The summed E-state index contributed by atoms with van der Waals surface area (Å²) in [5.74, 6) is -0.630. The van der Waals surface area contributed by atoms with Crippen LogP contribution >= 0.6 is 0 Å². The minimum absolute atomic E-state index is 0.0789. The van der Waals surface area contributed by atoms with E-state index in [0.717, 1.165) is 19.3 Å². The molecule has 1 saturated carbocycles. The van der Waals surface area contributed by atoms with Crippen LogP contribution in [0.3, 0.4) is 0 Å². The summed E-state index contributed by atoms with van der Waals surface area (Å²) in [7, 11) is 0. The number of imide groups is 1. The van der Waals surface area contributed by atoms with E-state index in [1.165, 1.54) is 13.8 Å². The largest absolute Gasteiger partial charge is 0.481 e. The highest BCUT2D eigenvalue weighted by atomic mass is 16.4. The van der Waals surface area contributed by atoms with Crippen molar-refractivity contribution in [2.75, 3.05) is 0 Å². The molecule has 3 atom stereocenters. The van der Waals surface area contributed by atoms with Crippen LogP contribution in [0.2, 0.25) is 0 Å². The van der Waals surface area contributed by atoms with Gasteiger partial charge in [-0.25, -0.2) is 4.79 Å². The summed E-state index contributed by atoms with van der Waals surface area (Å²) in [6.45, 7) is 7.16. The lowest BCUT2D eigenvalue weighted by Crippen LogP contribution is -2.47. The molecule has 3 N–H and O–H groups in total. The smallest absolute Gasteiger partial charge is 0.321 e. The van der Waals surface area contributed by atoms with Crippen molar-refractivity contribution in [2.24, 2.45) is 17.3 Å². The number of nitrogens with one attached hydrogen (secondary N) is 2. The summed E-state index contributed by atoms with van der Waals surface area (Å²) in [6, 6.07) is -0.454. The van der Waals surface area contributed by atoms with E-state index in [0.29, 0.717) is 11.8 Å². The maximum absolute atomic E-state index is 11.8. The van der Waals surface area contributed by atoms with Crippen molar-refractivity contribution >= 4 is 17.9 Å². The summed E-state index contributed by atoms with van der Waals surface area (Å²) in [4.78, 5) is 34.5. The molecule has 0 radical (unpaired) electrons. The highest BCUT2D eigenvalue weighted by Gasteiger charge is 2.34. The molecule has 0 bridgehead atoms. The summed E-state index contributed by atoms with van der Waals surface area (Å²) < 4.78 is 0. The van der Waals surface area contributed by atoms with Crippen LogP contribution in [0, 0.1) is 17.3 Å². The second kappa shape index (κ2) is 6.91. The Morgan fingerprint density at radius 3 is 2.33 bits per heavy atom. The number of carboxylic acids is 1. The van der Waals surface area contributed by atoms with E-state index in [9.17, 15) is 14.4 Å². The van der Waals surface area contributed by atoms with Gasteiger partial charge in [-0.2, -0.15) is 0 Å². The Balaban J connectivity index is 2.44. The van der Waals surface area contributed by atoms with Gasteiger partial charge in [-0.05, 0) is 38.5 Å². The minimum Gasteiger partial charge on any atom is -0.481 e. The molecule has 6 nitrogen and oxygen atoms in total. The number of hydrogen-bond acceptors (Lipinski definition) is 3. The van der Waals surface area contributed by atoms with E-state index in [-0.39, 0.29) is 12.5 Å². The Bertz CT molecular complexity index is 420. The number of carbonyl (C=O) groups is 3. The zero-order valence-electron chi connectivity index (χ0n) is 13.2. The molecule has 0 heterocycles. The Morgan fingerprint density at radius 1 is 1.24 bits per heavy atom. The predicted octanol–water partition coefficient (Wildman–Crippen LogP) is 2.14. The highest BCUT2D eigenvalue weighted by Crippen LogP contribution is 2.33. The fourth-order valence-electron chi connectivity index (χ4n) is 2.88. The van der Waals surface area contributed by atoms with Gasteiger partial charge in [0, 0.05) is 12.5 Å². The van der Waals surface area contributed by atoms with Crippen LogP contribution in [0.1, 0.15) is 53.4 Å². The second-order valence-electron chi connectivity index (χ2n) is 6.60. The van der Waals surface area contributed by atoms with Gasteiger partial charge in [-0.3, -0.25) is 14.9 Å². The third-order valence-electron chi connectivity index (χ3n) is 4.50. The van der Waals surface area contributed by atoms with Crippen molar-refractivity contribution in [1.29, 1.82) is 0 Å². The minimum atomic E-state index is -1.18. The van der Waals surface area contributed by atoms with Gasteiger partial charge in [-0.1, -0.05) is 20.3 Å². The zero-order chi connectivity index (χ0) is 16.2. The van der Waals surface area contributed by atoms with Crippen LogP contribution in [0.25, 0.3) is 0 Å². The molecular weight excluding hydrogens is 272 g/mol. The number of carbonyl (C=O) groups excluding carboxylic acids is 2. The summed E-state index contributed by atoms with van der Waals surface area (Å²) in [5.41, 5.74) is -1.18. The molecule has 21 heavy (non-hydrogen) atoms. The molecule has 0 spiro atoms. The van der Waals surface area contributed by atoms with Gasteiger partial charge in [0.25, 0.3) is 0 Å². The third kappa shape index (κ3) is 4.72. The number of rotatable bonds is 5. The van der Waals surface area contributed by atoms with Gasteiger partial charge in [0.05, 0.1) is 5.41 Å². The Hall–Kier alpha value is -1.59. The van der Waals surface area contributed by atoms with Crippen molar-refractivity contribution in [1.82, 2.24) is 10.6 Å². The highest BCUT2D eigenvalue weighted by molar-refractivity contribution is 5.96. The average Bonchev–Trinajstić information content (AvgIpc) is 2.69. The lowest BCUT2D eigenvalue weighted by molar-refractivity contribution is -0.149. The van der Waals surface area contributed by atoms with Gasteiger partial charge in [0.2, 0.25) is 5.91 Å². The Morgan fingerprint density at radius 2 is 1.86 bits per heavy atom. The first-order chi connectivity index (χ1) is 9.67. The van der Waals surface area contributed by atoms with E-state index in [4.69, 9.17) is 5.11 Å². The molecule has 0 aromatic heterocycles. The maximum atomic E-state index is 11.8. The summed E-state index contributed by atoms with van der Waals surface area (Å²) >= 11 is 0. The third-order valence-corrected chi connectivity index (χ3v) is 4.50. The first-order valence-corrected chi connectivity index (χ1v) is 7.51. The topological polar surface area (TPSA) is 95.5 Å². The maximum Gasteiger partial charge on any atom is 0.321 e. The van der Waals surface area contributed by atoms with Crippen LogP contribution in [0.4, 0.5) is 4.79 Å². The quantitative estimate of drug-likeness (QED) is 0.724. The molecule has 120 valence electrons. The van der Waals surface area contributed by atoms with Gasteiger partial charge in [0.15, 0.2) is 0 Å². The fraction of sp³-hybridized carbons (Fsp3) is 0.800. The Kier molecular flexibility index (Phi) is 5.75. The molecule has 6 heteroatoms. The van der Waals surface area contributed by atoms with Crippen molar-refractivity contribution < 1.29 is 19.5 Å². The monoisotopic (exact) mass is 298 g/mol. The summed E-state index contributed by atoms with van der Waals surface area (Å²) in [5, 5.41) is 14.0. The van der Waals surface area contributed by atoms with E-state index in [1.54, 1.807) is 0 Å².